The summed E-state index contributed by atoms with van der Waals surface area (Å²) in [5, 5.41) is 23.8. The van der Waals surface area contributed by atoms with Gasteiger partial charge in [0.15, 0.2) is 0 Å². The summed E-state index contributed by atoms with van der Waals surface area (Å²) >= 11 is 0. The van der Waals surface area contributed by atoms with Crippen LogP contribution in [0.2, 0.25) is 0 Å². The molecule has 0 unspecified atom stereocenters. The van der Waals surface area contributed by atoms with Crippen molar-refractivity contribution < 1.29 is 19.5 Å². The fourth-order valence-electron chi connectivity index (χ4n) is 2.71. The molecule has 0 aliphatic heterocycles. The van der Waals surface area contributed by atoms with E-state index in [2.05, 4.69) is 10.5 Å². The van der Waals surface area contributed by atoms with Crippen LogP contribution in [0.4, 0.5) is 5.69 Å². The smallest absolute Gasteiger partial charge is 0.271 e. The zero-order valence-electron chi connectivity index (χ0n) is 16.4. The fourth-order valence-corrected chi connectivity index (χ4v) is 2.71. The Morgan fingerprint density at radius 2 is 1.27 bits per heavy atom. The number of hydrogen-bond donors (Lipinski definition) is 2. The Morgan fingerprint density at radius 3 is 1.67 bits per heavy atom. The number of ether oxygens (including phenoxy) is 2. The molecule has 0 fully saturated rings. The zero-order chi connectivity index (χ0) is 21.5. The van der Waals surface area contributed by atoms with E-state index in [1.165, 1.54) is 24.3 Å². The quantitative estimate of drug-likeness (QED) is 0.459. The number of amides is 1. The topological polar surface area (TPSA) is 106 Å². The van der Waals surface area contributed by atoms with E-state index in [1.807, 2.05) is 24.3 Å². The number of nitrogens with zero attached hydrogens (tertiary/aromatic N) is 2. The highest BCUT2D eigenvalue weighted by Crippen LogP contribution is 2.19. The summed E-state index contributed by atoms with van der Waals surface area (Å²) in [7, 11) is 3.17. The molecule has 0 heterocycles. The van der Waals surface area contributed by atoms with Gasteiger partial charge in [-0.2, -0.15) is 5.10 Å². The first-order chi connectivity index (χ1) is 14.5. The summed E-state index contributed by atoms with van der Waals surface area (Å²) in [5.74, 6) is 0.943. The van der Waals surface area contributed by atoms with Crippen LogP contribution in [0.1, 0.15) is 21.5 Å². The molecule has 154 valence electrons. The van der Waals surface area contributed by atoms with Gasteiger partial charge < -0.3 is 19.9 Å². The molecule has 0 bridgehead atoms. The van der Waals surface area contributed by atoms with Crippen LogP contribution in [0.25, 0.3) is 0 Å². The monoisotopic (exact) mass is 406 g/mol. The molecule has 0 atom stereocenters. The van der Waals surface area contributed by atoms with Gasteiger partial charge >= 0.3 is 0 Å². The number of nitrogens with one attached hydrogen (secondary N) is 1. The number of carbonyl (C=O) groups excluding carboxylic acids is 1. The number of hydrazone groups is 1. The summed E-state index contributed by atoms with van der Waals surface area (Å²) in [6.07, 6.45) is 0. The van der Waals surface area contributed by atoms with Gasteiger partial charge in [-0.1, -0.05) is 0 Å². The van der Waals surface area contributed by atoms with Crippen molar-refractivity contribution in [3.05, 3.63) is 94.7 Å². The van der Waals surface area contributed by atoms with Crippen LogP contribution in [0.5, 0.6) is 11.5 Å². The number of rotatable bonds is 7. The lowest BCUT2D eigenvalue weighted by Gasteiger charge is -2.21. The minimum absolute atomic E-state index is 0.0206. The summed E-state index contributed by atoms with van der Waals surface area (Å²) in [6, 6.07) is 20.1. The van der Waals surface area contributed by atoms with Gasteiger partial charge in [0, 0.05) is 16.7 Å². The molecule has 0 spiro atoms. The van der Waals surface area contributed by atoms with Gasteiger partial charge in [0.1, 0.15) is 11.5 Å². The molecule has 3 rings (SSSR count). The van der Waals surface area contributed by atoms with E-state index in [-0.39, 0.29) is 16.5 Å². The van der Waals surface area contributed by atoms with Gasteiger partial charge in [-0.3, -0.25) is 10.0 Å². The van der Waals surface area contributed by atoms with Crippen molar-refractivity contribution >= 4 is 17.3 Å². The van der Waals surface area contributed by atoms with E-state index in [9.17, 15) is 10.0 Å². The first kappa shape index (κ1) is 20.8. The Balaban J connectivity index is 1.89. The average Bonchev–Trinajstić information content (AvgIpc) is 2.80. The van der Waals surface area contributed by atoms with E-state index in [1.54, 1.807) is 38.5 Å². The van der Waals surface area contributed by atoms with Crippen LogP contribution >= 0.6 is 0 Å². The van der Waals surface area contributed by atoms with Crippen LogP contribution in [-0.2, 0) is 0 Å². The lowest BCUT2D eigenvalue weighted by Crippen LogP contribution is -2.20. The zero-order valence-corrected chi connectivity index (χ0v) is 16.4. The van der Waals surface area contributed by atoms with Gasteiger partial charge in [-0.15, -0.1) is 0 Å². The summed E-state index contributed by atoms with van der Waals surface area (Å²) < 4.78 is 10.4. The standard InChI is InChI=1S/C22H20N3O5/c1-29-19-11-5-15(6-12-19)21(16-7-13-20(30-2)14-8-16)23-24-22(26)17-3-9-18(10-4-17)25(27)28/h3-14,27H,1-2H3,(H,24,26)/q-1. The molecule has 0 aliphatic rings. The van der Waals surface area contributed by atoms with Gasteiger partial charge in [0.05, 0.1) is 25.6 Å². The largest absolute Gasteiger partial charge is 0.733 e. The second-order valence-electron chi connectivity index (χ2n) is 6.18. The SMILES string of the molecule is COc1ccc(C(=NNC(=O)c2ccc(N([O-])O)cc2)c2ccc(OC)cc2)cc1. The van der Waals surface area contributed by atoms with Crippen molar-refractivity contribution in [1.29, 1.82) is 0 Å². The number of carbonyl (C=O) groups is 1. The molecule has 0 saturated heterocycles. The van der Waals surface area contributed by atoms with Crippen LogP contribution < -0.4 is 20.1 Å². The number of hydrogen-bond acceptors (Lipinski definition) is 7. The number of anilines is 1. The molecule has 8 nitrogen and oxygen atoms in total. The van der Waals surface area contributed by atoms with Crippen LogP contribution in [0.15, 0.2) is 77.9 Å². The summed E-state index contributed by atoms with van der Waals surface area (Å²) in [5.41, 5.74) is 4.94. The van der Waals surface area contributed by atoms with Crippen LogP contribution in [0, 0.1) is 5.21 Å². The normalized spacial score (nSPS) is 10.1. The lowest BCUT2D eigenvalue weighted by atomic mass is 10.0. The molecule has 1 amide bonds. The molecule has 30 heavy (non-hydrogen) atoms. The highest BCUT2D eigenvalue weighted by Gasteiger charge is 2.11. The third-order valence-corrected chi connectivity index (χ3v) is 4.35. The Bertz CT molecular complexity index is 965. The minimum Gasteiger partial charge on any atom is -0.733 e. The van der Waals surface area contributed by atoms with E-state index >= 15 is 0 Å². The van der Waals surface area contributed by atoms with E-state index in [0.717, 1.165) is 11.1 Å². The molecule has 2 N–H and O–H groups in total. The van der Waals surface area contributed by atoms with E-state index in [4.69, 9.17) is 14.7 Å². The van der Waals surface area contributed by atoms with Crippen molar-refractivity contribution in [2.75, 3.05) is 19.4 Å². The summed E-state index contributed by atoms with van der Waals surface area (Å²) in [6.45, 7) is 0. The van der Waals surface area contributed by atoms with Crippen LogP contribution in [0.3, 0.4) is 0 Å². The van der Waals surface area contributed by atoms with E-state index in [0.29, 0.717) is 17.2 Å². The van der Waals surface area contributed by atoms with Crippen molar-refractivity contribution in [2.24, 2.45) is 5.10 Å². The molecule has 3 aromatic carbocycles. The Kier molecular flexibility index (Phi) is 6.63. The second-order valence-corrected chi connectivity index (χ2v) is 6.18. The molecule has 0 aliphatic carbocycles. The Hall–Kier alpha value is -3.88. The predicted octanol–water partition coefficient (Wildman–Crippen LogP) is 3.58. The van der Waals surface area contributed by atoms with Crippen molar-refractivity contribution in [2.45, 2.75) is 0 Å². The van der Waals surface area contributed by atoms with Gasteiger partial charge in [-0.25, -0.2) is 5.43 Å². The third-order valence-electron chi connectivity index (χ3n) is 4.35. The highest BCUT2D eigenvalue weighted by atomic mass is 16.8. The highest BCUT2D eigenvalue weighted by molar-refractivity contribution is 6.13. The molecular formula is C22H20N3O5-. The molecular weight excluding hydrogens is 386 g/mol. The Labute approximate surface area is 173 Å². The van der Waals surface area contributed by atoms with Gasteiger partial charge in [0.25, 0.3) is 5.91 Å². The van der Waals surface area contributed by atoms with Crippen molar-refractivity contribution in [3.63, 3.8) is 0 Å². The van der Waals surface area contributed by atoms with Gasteiger partial charge in [0.2, 0.25) is 0 Å². The maximum absolute atomic E-state index is 12.5. The molecule has 0 radical (unpaired) electrons. The average molecular weight is 406 g/mol. The van der Waals surface area contributed by atoms with Crippen molar-refractivity contribution in [1.82, 2.24) is 5.43 Å². The molecule has 3 aromatic rings. The summed E-state index contributed by atoms with van der Waals surface area (Å²) in [4.78, 5) is 12.5. The molecule has 8 heteroatoms. The van der Waals surface area contributed by atoms with Crippen molar-refractivity contribution in [3.8, 4) is 11.5 Å². The predicted molar refractivity (Wildman–Crippen MR) is 113 cm³/mol. The number of methoxy groups -OCH3 is 2. The fraction of sp³-hybridized carbons (Fsp3) is 0.0909. The Morgan fingerprint density at radius 1 is 0.833 bits per heavy atom. The number of benzene rings is 3. The van der Waals surface area contributed by atoms with E-state index < -0.39 is 5.91 Å². The first-order valence-corrected chi connectivity index (χ1v) is 8.95. The second kappa shape index (κ2) is 9.55. The molecule has 0 aromatic heterocycles. The van der Waals surface area contributed by atoms with Gasteiger partial charge in [-0.05, 0) is 72.8 Å². The van der Waals surface area contributed by atoms with Crippen LogP contribution in [-0.4, -0.2) is 31.0 Å². The lowest BCUT2D eigenvalue weighted by molar-refractivity contribution is 0.0955. The third kappa shape index (κ3) is 4.93. The first-order valence-electron chi connectivity index (χ1n) is 8.95. The maximum Gasteiger partial charge on any atom is 0.271 e. The maximum atomic E-state index is 12.5. The minimum atomic E-state index is -0.462. The molecule has 0 saturated carbocycles.